The van der Waals surface area contributed by atoms with E-state index in [1.54, 1.807) is 42.6 Å². The standard InChI is InChI=1S/C69H104N12O25S2/c1-5-41(2)60-66(94)72-35-55(86)73-50-40-108(97)68-46(33-48(63(91)71-36-56(87)76-60)74-67(95)61(42(3)52(84)38-82)77-65(93)51-32-43(83)37-81(51)69(96)49(34-54(70)85)75-64(50)92)45-6-7-53(98-4)47(62(45)78-68)39-107-44-10-13-79(14-11-44)57(88)12-16-99-18-20-101-22-24-103-26-28-105-30-31-106-29-27-104-25-23-102-21-19-100-17-15-80-58(89)8-9-59(80)90/h6-9,41-44,48-52,60-61,78,82-84H,5,10-40H2,1-4H3,(H2,70,85)(H,71,91)(H,72,94)(H,73,86)(H,74,95)(H,75,92)(H,76,87)(H,77,93)/t41-,42-,43+,48-,49-,50-,51-,52-,60-,61-,108?/m0/s1. The van der Waals surface area contributed by atoms with Crippen LogP contribution >= 0.6 is 11.8 Å². The van der Waals surface area contributed by atoms with Gasteiger partial charge in [-0.05, 0) is 36.5 Å². The highest BCUT2D eigenvalue weighted by Gasteiger charge is 2.45. The number of benzene rings is 1. The number of aromatic nitrogens is 1. The number of nitrogens with zero attached hydrogens (tertiary/aromatic N) is 3. The van der Waals surface area contributed by atoms with Crippen molar-refractivity contribution < 1.29 is 120 Å². The van der Waals surface area contributed by atoms with Crippen molar-refractivity contribution in [3.05, 3.63) is 35.4 Å². The number of thioether (sulfide) groups is 1. The summed E-state index contributed by atoms with van der Waals surface area (Å²) in [5.74, 6) is -12.2. The molecule has 12 amide bonds. The average molecular weight is 1570 g/mol. The minimum absolute atomic E-state index is 0.0192. The molecule has 602 valence electrons. The number of H-pyrrole nitrogens is 1. The summed E-state index contributed by atoms with van der Waals surface area (Å²) in [6, 6.07) is -6.98. The van der Waals surface area contributed by atoms with Gasteiger partial charge < -0.3 is 116 Å². The van der Waals surface area contributed by atoms with E-state index in [9.17, 15) is 72.9 Å². The quantitative estimate of drug-likeness (QED) is 0.0221. The molecule has 1 aromatic heterocycles. The lowest BCUT2D eigenvalue weighted by molar-refractivity contribution is -0.144. The fourth-order valence-corrected chi connectivity index (χ4v) is 15.0. The number of hydrogen-bond acceptors (Lipinski definition) is 26. The third-order valence-corrected chi connectivity index (χ3v) is 21.5. The number of carbonyl (C=O) groups is 12. The first-order valence-electron chi connectivity index (χ1n) is 36.2. The molecule has 2 fully saturated rings. The lowest BCUT2D eigenvalue weighted by atomic mass is 9.93. The van der Waals surface area contributed by atoms with Gasteiger partial charge in [0.2, 0.25) is 59.1 Å². The third-order valence-electron chi connectivity index (χ3n) is 18.7. The molecule has 0 radical (unpaired) electrons. The Labute approximate surface area is 631 Å². The summed E-state index contributed by atoms with van der Waals surface area (Å²) in [5, 5.41) is 49.9. The summed E-state index contributed by atoms with van der Waals surface area (Å²) in [5.41, 5.74) is 6.62. The van der Waals surface area contributed by atoms with E-state index < -0.39 is 176 Å². The molecule has 5 aliphatic rings. The number of hydrogen-bond donors (Lipinski definition) is 12. The number of aliphatic hydroxyl groups is 3. The molecule has 6 heterocycles. The molecule has 37 nitrogen and oxygen atoms in total. The van der Waals surface area contributed by atoms with Gasteiger partial charge in [-0.1, -0.05) is 27.2 Å². The largest absolute Gasteiger partial charge is 0.496 e. The average Bonchev–Trinajstić information content (AvgIpc) is 1.58. The number of rotatable bonds is 38. The number of primary amides is 1. The van der Waals surface area contributed by atoms with E-state index in [-0.39, 0.29) is 72.1 Å². The number of carbonyl (C=O) groups excluding carboxylic acids is 12. The molecule has 1 aromatic carbocycles. The van der Waals surface area contributed by atoms with Gasteiger partial charge in [0.15, 0.2) is 0 Å². The van der Waals surface area contributed by atoms with Crippen molar-refractivity contribution in [2.45, 2.75) is 130 Å². The molecule has 2 bridgehead atoms. The summed E-state index contributed by atoms with van der Waals surface area (Å²) in [7, 11) is -1.02. The minimum atomic E-state index is -2.46. The van der Waals surface area contributed by atoms with Crippen LogP contribution in [0.2, 0.25) is 0 Å². The van der Waals surface area contributed by atoms with Gasteiger partial charge in [-0.15, -0.1) is 0 Å². The smallest absolute Gasteiger partial charge is 0.253 e. The lowest BCUT2D eigenvalue weighted by Gasteiger charge is -2.32. The predicted octanol–water partition coefficient (Wildman–Crippen LogP) is -4.95. The highest BCUT2D eigenvalue weighted by atomic mass is 32.2. The molecule has 2 aromatic rings. The molecule has 108 heavy (non-hydrogen) atoms. The van der Waals surface area contributed by atoms with E-state index in [1.165, 1.54) is 26.2 Å². The van der Waals surface area contributed by atoms with Gasteiger partial charge in [-0.2, -0.15) is 11.8 Å². The Balaban J connectivity index is 0.949. The van der Waals surface area contributed by atoms with E-state index in [0.717, 1.165) is 9.80 Å². The van der Waals surface area contributed by atoms with Crippen molar-refractivity contribution in [1.82, 2.24) is 56.9 Å². The molecule has 39 heteroatoms. The number of nitrogens with one attached hydrogen (secondary N) is 8. The van der Waals surface area contributed by atoms with E-state index in [2.05, 4.69) is 42.2 Å². The van der Waals surface area contributed by atoms with Crippen LogP contribution in [0.3, 0.4) is 0 Å². The van der Waals surface area contributed by atoms with E-state index in [1.807, 2.05) is 0 Å². The number of piperidine rings is 1. The Morgan fingerprint density at radius 3 is 1.79 bits per heavy atom. The second kappa shape index (κ2) is 45.4. The van der Waals surface area contributed by atoms with Crippen molar-refractivity contribution in [2.24, 2.45) is 17.6 Å². The maximum atomic E-state index is 15.5. The highest BCUT2D eigenvalue weighted by molar-refractivity contribution is 7.99. The number of ether oxygens (including phenoxy) is 9. The number of aliphatic hydroxyl groups excluding tert-OH is 3. The van der Waals surface area contributed by atoms with Gasteiger partial charge in [0.25, 0.3) is 11.8 Å². The third kappa shape index (κ3) is 26.8. The van der Waals surface area contributed by atoms with Crippen LogP contribution < -0.4 is 47.7 Å². The van der Waals surface area contributed by atoms with Crippen molar-refractivity contribution in [1.29, 1.82) is 0 Å². The highest BCUT2D eigenvalue weighted by Crippen LogP contribution is 2.38. The summed E-state index contributed by atoms with van der Waals surface area (Å²) in [6.07, 6.45) is -0.769. The normalized spacial score (nSPS) is 23.4. The fraction of sp³-hybridized carbons (Fsp3) is 0.681. The van der Waals surface area contributed by atoms with E-state index in [0.29, 0.717) is 140 Å². The van der Waals surface area contributed by atoms with Gasteiger partial charge in [0.1, 0.15) is 47.0 Å². The molecule has 7 rings (SSSR count). The van der Waals surface area contributed by atoms with Crippen LogP contribution in [0.25, 0.3) is 10.9 Å². The minimum Gasteiger partial charge on any atom is -0.496 e. The number of nitrogens with two attached hydrogens (primary N) is 1. The Morgan fingerprint density at radius 1 is 0.676 bits per heavy atom. The molecular weight excluding hydrogens is 1460 g/mol. The zero-order valence-corrected chi connectivity index (χ0v) is 63.0. The van der Waals surface area contributed by atoms with Crippen LogP contribution in [0.4, 0.5) is 0 Å². The maximum absolute atomic E-state index is 15.5. The molecule has 1 unspecified atom stereocenters. The first-order valence-corrected chi connectivity index (χ1v) is 38.5. The Kier molecular flexibility index (Phi) is 36.7. The Hall–Kier alpha value is -7.80. The van der Waals surface area contributed by atoms with Crippen LogP contribution in [0, 0.1) is 11.8 Å². The van der Waals surface area contributed by atoms with E-state index in [4.69, 9.17) is 48.4 Å². The SMILES string of the molecule is CC[C@H](C)[C@@H]1NC(=O)CNC(=O)[C@@H]2Cc3c([nH]c4c(CSC5CCN(C(=O)CCOCCOCCOCCOCCOCCOCCOCCOCCN6C(=O)C=CC6=O)CC5)c(OC)ccc34)S(=O)C[C@H](NC(=O)CNC1=O)C(=O)N[C@@H](CC(N)=O)C(=O)N1C[C@H](O)C[C@H]1C(=O)N[C@@H]([C@@H](C)[C@@H](O)CO)C(=O)N2. The number of methoxy groups -OCH3 is 1. The van der Waals surface area contributed by atoms with Gasteiger partial charge in [0.05, 0.1) is 186 Å². The lowest BCUT2D eigenvalue weighted by Crippen LogP contribution is -2.62. The number of aromatic amines is 1. The maximum Gasteiger partial charge on any atom is 0.253 e. The second-order valence-electron chi connectivity index (χ2n) is 26.3. The van der Waals surface area contributed by atoms with Gasteiger partial charge in [-0.25, -0.2) is 0 Å². The van der Waals surface area contributed by atoms with Crippen molar-refractivity contribution >= 4 is 104 Å². The summed E-state index contributed by atoms with van der Waals surface area (Å²) < 4.78 is 65.6. The molecule has 0 saturated carbocycles. The Morgan fingerprint density at radius 2 is 1.23 bits per heavy atom. The molecule has 0 spiro atoms. The molecule has 0 aliphatic carbocycles. The summed E-state index contributed by atoms with van der Waals surface area (Å²) in [6.45, 7) is 8.20. The van der Waals surface area contributed by atoms with Crippen molar-refractivity contribution in [3.8, 4) is 5.75 Å². The first kappa shape index (κ1) is 87.4. The molecule has 2 saturated heterocycles. The van der Waals surface area contributed by atoms with Crippen LogP contribution in [-0.4, -0.2) is 328 Å². The number of likely N-dealkylation sites (tertiary alicyclic amines) is 1. The van der Waals surface area contributed by atoms with Crippen molar-refractivity contribution in [3.63, 3.8) is 0 Å². The zero-order chi connectivity index (χ0) is 78.2. The molecule has 5 aliphatic heterocycles. The molecule has 11 atom stereocenters. The van der Waals surface area contributed by atoms with Crippen LogP contribution in [0.1, 0.15) is 70.4 Å². The monoisotopic (exact) mass is 1560 g/mol. The first-order chi connectivity index (χ1) is 51.9. The molecule has 13 N–H and O–H groups in total. The van der Waals surface area contributed by atoms with Crippen molar-refractivity contribution in [2.75, 3.05) is 164 Å². The fourth-order valence-electron chi connectivity index (χ4n) is 12.4. The number of fused-ring (bicyclic) bond motifs is 5. The second-order valence-corrected chi connectivity index (χ2v) is 29.0. The Bertz CT molecular complexity index is 3430. The predicted molar refractivity (Wildman–Crippen MR) is 385 cm³/mol. The van der Waals surface area contributed by atoms with Gasteiger partial charge in [-0.3, -0.25) is 66.6 Å². The number of amides is 12. The number of imide groups is 1. The van der Waals surface area contributed by atoms with E-state index >= 15 is 4.21 Å². The zero-order valence-electron chi connectivity index (χ0n) is 61.3. The summed E-state index contributed by atoms with van der Waals surface area (Å²) >= 11 is 1.56. The molecular formula is C69H104N12O25S2. The van der Waals surface area contributed by atoms with Gasteiger partial charge >= 0.3 is 0 Å². The van der Waals surface area contributed by atoms with Crippen LogP contribution in [-0.2, 0) is 118 Å². The topological polar surface area (TPSA) is 501 Å². The van der Waals surface area contributed by atoms with Crippen LogP contribution in [0.5, 0.6) is 5.75 Å². The summed E-state index contributed by atoms with van der Waals surface area (Å²) in [4.78, 5) is 171. The van der Waals surface area contributed by atoms with Gasteiger partial charge in [0, 0.05) is 72.5 Å². The van der Waals surface area contributed by atoms with Crippen LogP contribution in [0.15, 0.2) is 29.3 Å².